The summed E-state index contributed by atoms with van der Waals surface area (Å²) in [6.07, 6.45) is 36.4. The Bertz CT molecular complexity index is 1700. The number of carbonyl (C=O) groups excluding carboxylic acids is 4. The van der Waals surface area contributed by atoms with E-state index in [9.17, 15) is 43.2 Å². The molecule has 0 rings (SSSR count). The number of carbonyl (C=O) groups is 4. The first-order valence-electron chi connectivity index (χ1n) is 34.2. The molecule has 0 aromatic rings. The summed E-state index contributed by atoms with van der Waals surface area (Å²) < 4.78 is 68.1. The summed E-state index contributed by atoms with van der Waals surface area (Å²) >= 11 is 0. The quantitative estimate of drug-likeness (QED) is 0.0222. The number of hydrogen-bond acceptors (Lipinski definition) is 15. The van der Waals surface area contributed by atoms with Gasteiger partial charge in [-0.1, -0.05) is 267 Å². The van der Waals surface area contributed by atoms with Crippen molar-refractivity contribution in [2.24, 2.45) is 23.7 Å². The van der Waals surface area contributed by atoms with Crippen LogP contribution in [0.5, 0.6) is 0 Å². The number of esters is 4. The molecule has 3 unspecified atom stereocenters. The predicted molar refractivity (Wildman–Crippen MR) is 340 cm³/mol. The van der Waals surface area contributed by atoms with Gasteiger partial charge in [0.15, 0.2) is 12.2 Å². The van der Waals surface area contributed by atoms with Gasteiger partial charge in [0.1, 0.15) is 19.3 Å². The van der Waals surface area contributed by atoms with Gasteiger partial charge in [-0.25, -0.2) is 9.13 Å². The fraction of sp³-hybridized carbons (Fsp3) is 0.939. The SMILES string of the molecule is CC(C)CCCCCCCCCCCCC(=O)OC[C@H](COP(=O)(O)OCC(O)COP(=O)(O)OC[C@@H](COC(=O)CCCCCCCCCC(C)C)OC(=O)CCCCCCCCCCCC(C)C)OC(=O)CCCCCCCCCC(C)C. The number of phosphoric ester groups is 2. The van der Waals surface area contributed by atoms with Crippen molar-refractivity contribution in [3.8, 4) is 0 Å². The molecule has 0 heterocycles. The Morgan fingerprint density at radius 1 is 0.294 bits per heavy atom. The lowest BCUT2D eigenvalue weighted by atomic mass is 10.0. The van der Waals surface area contributed by atoms with Gasteiger partial charge in [-0.3, -0.25) is 37.3 Å². The van der Waals surface area contributed by atoms with Crippen LogP contribution < -0.4 is 0 Å². The summed E-state index contributed by atoms with van der Waals surface area (Å²) in [5, 5.41) is 10.5. The second-order valence-electron chi connectivity index (χ2n) is 25.8. The van der Waals surface area contributed by atoms with E-state index in [2.05, 4.69) is 55.4 Å². The van der Waals surface area contributed by atoms with Crippen LogP contribution in [0.2, 0.25) is 0 Å². The van der Waals surface area contributed by atoms with Crippen molar-refractivity contribution in [3.05, 3.63) is 0 Å². The molecule has 17 nitrogen and oxygen atoms in total. The van der Waals surface area contributed by atoms with Crippen LogP contribution in [-0.4, -0.2) is 96.7 Å². The Labute approximate surface area is 517 Å². The van der Waals surface area contributed by atoms with Gasteiger partial charge < -0.3 is 33.8 Å². The Hall–Kier alpha value is -1.94. The van der Waals surface area contributed by atoms with Gasteiger partial charge in [0.05, 0.1) is 26.4 Å². The minimum Gasteiger partial charge on any atom is -0.462 e. The van der Waals surface area contributed by atoms with Crippen molar-refractivity contribution >= 4 is 39.5 Å². The molecule has 0 fully saturated rings. The standard InChI is InChI=1S/C66H128O17P2/c1-56(2)42-34-26-18-12-9-10-14-22-30-38-46-63(68)76-52-62(83-66(71)49-41-33-25-17-21-29-37-45-59(7)8)55-81-85(74,75)79-51-60(67)50-78-84(72,73)80-54-61(53-77-64(69)47-39-31-24-16-20-28-36-44-58(5)6)82-65(70)48-40-32-23-15-11-13-19-27-35-43-57(3)4/h56-62,67H,9-55H2,1-8H3,(H,72,73)(H,74,75)/t60?,61-,62-/m1/s1. The van der Waals surface area contributed by atoms with Crippen LogP contribution in [-0.2, 0) is 65.4 Å². The average molecular weight is 1260 g/mol. The van der Waals surface area contributed by atoms with E-state index in [0.717, 1.165) is 108 Å². The molecule has 0 amide bonds. The number of aliphatic hydroxyl groups excluding tert-OH is 1. The molecule has 19 heteroatoms. The molecule has 0 aromatic heterocycles. The van der Waals surface area contributed by atoms with Gasteiger partial charge in [0.2, 0.25) is 0 Å². The van der Waals surface area contributed by atoms with E-state index in [1.54, 1.807) is 0 Å². The van der Waals surface area contributed by atoms with E-state index in [4.69, 9.17) is 37.0 Å². The molecule has 0 saturated carbocycles. The third kappa shape index (κ3) is 60.7. The third-order valence-electron chi connectivity index (χ3n) is 15.1. The first-order valence-corrected chi connectivity index (χ1v) is 37.2. The molecule has 0 saturated heterocycles. The number of phosphoric acid groups is 2. The summed E-state index contributed by atoms with van der Waals surface area (Å²) in [5.74, 6) is 0.758. The smallest absolute Gasteiger partial charge is 0.462 e. The van der Waals surface area contributed by atoms with Gasteiger partial charge in [-0.2, -0.15) is 0 Å². The van der Waals surface area contributed by atoms with E-state index >= 15 is 0 Å². The first kappa shape index (κ1) is 83.1. The maximum absolute atomic E-state index is 13.0. The van der Waals surface area contributed by atoms with Crippen LogP contribution in [0.15, 0.2) is 0 Å². The topological polar surface area (TPSA) is 237 Å². The van der Waals surface area contributed by atoms with Crippen molar-refractivity contribution in [2.45, 2.75) is 337 Å². The van der Waals surface area contributed by atoms with E-state index in [0.29, 0.717) is 37.5 Å². The van der Waals surface area contributed by atoms with E-state index in [-0.39, 0.29) is 25.7 Å². The zero-order valence-electron chi connectivity index (χ0n) is 55.2. The minimum atomic E-state index is -4.95. The summed E-state index contributed by atoms with van der Waals surface area (Å²) in [5.41, 5.74) is 0. The first-order chi connectivity index (χ1) is 40.6. The minimum absolute atomic E-state index is 0.102. The van der Waals surface area contributed by atoms with Crippen LogP contribution in [0.3, 0.4) is 0 Å². The lowest BCUT2D eigenvalue weighted by molar-refractivity contribution is -0.161. The fourth-order valence-electron chi connectivity index (χ4n) is 9.78. The van der Waals surface area contributed by atoms with Gasteiger partial charge in [-0.15, -0.1) is 0 Å². The Morgan fingerprint density at radius 2 is 0.494 bits per heavy atom. The molecule has 0 aromatic carbocycles. The van der Waals surface area contributed by atoms with E-state index in [1.807, 2.05) is 0 Å². The molecule has 0 aliphatic carbocycles. The largest absolute Gasteiger partial charge is 0.472 e. The number of unbranched alkanes of at least 4 members (excludes halogenated alkanes) is 29. The second-order valence-corrected chi connectivity index (χ2v) is 28.7. The summed E-state index contributed by atoms with van der Waals surface area (Å²) in [7, 11) is -9.89. The molecule has 0 aliphatic rings. The molecular formula is C66H128O17P2. The lowest BCUT2D eigenvalue weighted by Crippen LogP contribution is -2.30. The zero-order chi connectivity index (χ0) is 63.2. The molecule has 0 radical (unpaired) electrons. The van der Waals surface area contributed by atoms with Gasteiger partial charge in [-0.05, 0) is 49.4 Å². The second kappa shape index (κ2) is 56.1. The molecule has 0 spiro atoms. The monoisotopic (exact) mass is 1250 g/mol. The summed E-state index contributed by atoms with van der Waals surface area (Å²) in [4.78, 5) is 72.3. The van der Waals surface area contributed by atoms with Crippen LogP contribution in [0.4, 0.5) is 0 Å². The molecule has 5 atom stereocenters. The van der Waals surface area contributed by atoms with Crippen LogP contribution in [0.1, 0.15) is 319 Å². The van der Waals surface area contributed by atoms with Gasteiger partial charge in [0, 0.05) is 25.7 Å². The Morgan fingerprint density at radius 3 is 0.729 bits per heavy atom. The van der Waals surface area contributed by atoms with Crippen LogP contribution in [0.25, 0.3) is 0 Å². The molecule has 0 bridgehead atoms. The lowest BCUT2D eigenvalue weighted by Gasteiger charge is -2.21. The van der Waals surface area contributed by atoms with Crippen molar-refractivity contribution < 1.29 is 80.2 Å². The normalized spacial score (nSPS) is 14.4. The third-order valence-corrected chi connectivity index (χ3v) is 17.0. The number of aliphatic hydroxyl groups is 1. The van der Waals surface area contributed by atoms with Crippen molar-refractivity contribution in [3.63, 3.8) is 0 Å². The van der Waals surface area contributed by atoms with E-state index < -0.39 is 97.5 Å². The highest BCUT2D eigenvalue weighted by Crippen LogP contribution is 2.45. The van der Waals surface area contributed by atoms with Gasteiger partial charge in [0.25, 0.3) is 0 Å². The molecule has 0 aliphatic heterocycles. The zero-order valence-corrected chi connectivity index (χ0v) is 57.0. The predicted octanol–water partition coefficient (Wildman–Crippen LogP) is 18.1. The van der Waals surface area contributed by atoms with Crippen LogP contribution >= 0.6 is 15.6 Å². The Balaban J connectivity index is 5.25. The van der Waals surface area contributed by atoms with Crippen molar-refractivity contribution in [1.82, 2.24) is 0 Å². The molecule has 504 valence electrons. The number of rotatable bonds is 63. The molecule has 3 N–H and O–H groups in total. The Kier molecular flexibility index (Phi) is 54.8. The summed E-state index contributed by atoms with van der Waals surface area (Å²) in [6.45, 7) is 14.0. The van der Waals surface area contributed by atoms with Crippen molar-refractivity contribution in [2.75, 3.05) is 39.6 Å². The van der Waals surface area contributed by atoms with Gasteiger partial charge >= 0.3 is 39.5 Å². The maximum Gasteiger partial charge on any atom is 0.472 e. The summed E-state index contributed by atoms with van der Waals surface area (Å²) in [6, 6.07) is 0. The fourth-order valence-corrected chi connectivity index (χ4v) is 11.4. The highest BCUT2D eigenvalue weighted by Gasteiger charge is 2.30. The number of hydrogen-bond donors (Lipinski definition) is 3. The molecule has 85 heavy (non-hydrogen) atoms. The van der Waals surface area contributed by atoms with Crippen molar-refractivity contribution in [1.29, 1.82) is 0 Å². The average Bonchev–Trinajstić information content (AvgIpc) is 3.52. The highest BCUT2D eigenvalue weighted by molar-refractivity contribution is 7.47. The van der Waals surface area contributed by atoms with Crippen LogP contribution in [0, 0.1) is 23.7 Å². The maximum atomic E-state index is 13.0. The molecular weight excluding hydrogens is 1130 g/mol. The van der Waals surface area contributed by atoms with E-state index in [1.165, 1.54) is 116 Å². The highest BCUT2D eigenvalue weighted by atomic mass is 31.2. The number of ether oxygens (including phenoxy) is 4.